The fourth-order valence-electron chi connectivity index (χ4n) is 1.86. The van der Waals surface area contributed by atoms with Crippen LogP contribution in [0, 0.1) is 10.1 Å². The van der Waals surface area contributed by atoms with Crippen LogP contribution in [-0.4, -0.2) is 19.9 Å². The Morgan fingerprint density at radius 2 is 2.05 bits per heavy atom. The number of anilines is 1. The van der Waals surface area contributed by atoms with Gasteiger partial charge in [-0.2, -0.15) is 0 Å². The Balaban J connectivity index is 2.19. The Bertz CT molecular complexity index is 576. The van der Waals surface area contributed by atoms with E-state index in [1.165, 1.54) is 12.1 Å². The maximum Gasteiger partial charge on any atom is 0.269 e. The Kier molecular flexibility index (Phi) is 3.74. The molecule has 7 heteroatoms. The van der Waals surface area contributed by atoms with E-state index in [2.05, 4.69) is 17.2 Å². The molecule has 0 bridgehead atoms. The van der Waals surface area contributed by atoms with Crippen LogP contribution in [0.3, 0.4) is 0 Å². The number of rotatable bonds is 5. The van der Waals surface area contributed by atoms with Gasteiger partial charge in [0.1, 0.15) is 0 Å². The first-order chi connectivity index (χ1) is 9.11. The lowest BCUT2D eigenvalue weighted by Gasteiger charge is -2.05. The number of hydrogen-bond donors (Lipinski definition) is 1. The first kappa shape index (κ1) is 13.0. The minimum absolute atomic E-state index is 0.0793. The minimum atomic E-state index is -0.417. The molecule has 0 aliphatic rings. The summed E-state index contributed by atoms with van der Waals surface area (Å²) in [5, 5.41) is 18.4. The second-order valence-electron chi connectivity index (χ2n) is 4.25. The largest absolute Gasteiger partial charge is 0.381 e. The van der Waals surface area contributed by atoms with Crippen molar-refractivity contribution >= 4 is 11.5 Å². The van der Waals surface area contributed by atoms with E-state index in [1.54, 1.807) is 16.8 Å². The lowest BCUT2D eigenvalue weighted by atomic mass is 10.2. The molecule has 0 atom stereocenters. The van der Waals surface area contributed by atoms with E-state index < -0.39 is 4.92 Å². The minimum Gasteiger partial charge on any atom is -0.381 e. The predicted octanol–water partition coefficient (Wildman–Crippen LogP) is 1.77. The molecule has 2 rings (SSSR count). The van der Waals surface area contributed by atoms with Gasteiger partial charge < -0.3 is 5.73 Å². The van der Waals surface area contributed by atoms with Gasteiger partial charge in [-0.25, -0.2) is 4.68 Å². The smallest absolute Gasteiger partial charge is 0.269 e. The number of nitrogens with zero attached hydrogens (tertiary/aromatic N) is 4. The van der Waals surface area contributed by atoms with E-state index >= 15 is 0 Å². The predicted molar refractivity (Wildman–Crippen MR) is 70.6 cm³/mol. The summed E-state index contributed by atoms with van der Waals surface area (Å²) in [7, 11) is 0. The normalized spacial score (nSPS) is 10.6. The fraction of sp³-hybridized carbons (Fsp3) is 0.333. The molecule has 2 N–H and O–H groups in total. The van der Waals surface area contributed by atoms with E-state index in [9.17, 15) is 10.1 Å². The molecule has 0 saturated heterocycles. The number of non-ortho nitro benzene ring substituents is 1. The van der Waals surface area contributed by atoms with Gasteiger partial charge in [-0.3, -0.25) is 10.1 Å². The molecule has 1 heterocycles. The Hall–Kier alpha value is -2.44. The molecule has 100 valence electrons. The average Bonchev–Trinajstić information content (AvgIpc) is 2.73. The van der Waals surface area contributed by atoms with Crippen LogP contribution in [0.25, 0.3) is 0 Å². The number of aromatic nitrogens is 3. The van der Waals surface area contributed by atoms with Crippen molar-refractivity contribution in [3.8, 4) is 0 Å². The van der Waals surface area contributed by atoms with E-state index in [0.717, 1.165) is 24.1 Å². The number of nitrogens with two attached hydrogens (primary N) is 1. The summed E-state index contributed by atoms with van der Waals surface area (Å²) in [6, 6.07) is 6.39. The van der Waals surface area contributed by atoms with E-state index in [4.69, 9.17) is 5.73 Å². The van der Waals surface area contributed by atoms with Crippen LogP contribution in [-0.2, 0) is 13.0 Å². The summed E-state index contributed by atoms with van der Waals surface area (Å²) in [5.41, 5.74) is 7.67. The molecule has 0 amide bonds. The summed E-state index contributed by atoms with van der Waals surface area (Å²) < 4.78 is 1.74. The Labute approximate surface area is 110 Å². The van der Waals surface area contributed by atoms with E-state index in [0.29, 0.717) is 12.4 Å². The Morgan fingerprint density at radius 1 is 1.37 bits per heavy atom. The molecule has 1 aromatic carbocycles. The van der Waals surface area contributed by atoms with E-state index in [-0.39, 0.29) is 5.69 Å². The van der Waals surface area contributed by atoms with Gasteiger partial charge in [-0.15, -0.1) is 5.10 Å². The van der Waals surface area contributed by atoms with Crippen LogP contribution in [0.1, 0.15) is 24.6 Å². The molecule has 0 aliphatic carbocycles. The van der Waals surface area contributed by atoms with Gasteiger partial charge in [0.05, 0.1) is 17.2 Å². The molecular weight excluding hydrogens is 246 g/mol. The summed E-state index contributed by atoms with van der Waals surface area (Å²) in [6.45, 7) is 2.57. The second-order valence-corrected chi connectivity index (χ2v) is 4.25. The number of hydrogen-bond acceptors (Lipinski definition) is 5. The van der Waals surface area contributed by atoms with Gasteiger partial charge >= 0.3 is 0 Å². The van der Waals surface area contributed by atoms with Gasteiger partial charge in [-0.1, -0.05) is 30.7 Å². The second kappa shape index (κ2) is 5.47. The van der Waals surface area contributed by atoms with Crippen molar-refractivity contribution in [2.24, 2.45) is 0 Å². The highest BCUT2D eigenvalue weighted by atomic mass is 16.6. The summed E-state index contributed by atoms with van der Waals surface area (Å²) in [4.78, 5) is 10.2. The lowest BCUT2D eigenvalue weighted by Crippen LogP contribution is -2.07. The van der Waals surface area contributed by atoms with Gasteiger partial charge in [0.25, 0.3) is 5.69 Å². The number of nitro groups is 1. The fourth-order valence-corrected chi connectivity index (χ4v) is 1.86. The zero-order valence-electron chi connectivity index (χ0n) is 10.6. The van der Waals surface area contributed by atoms with Crippen molar-refractivity contribution in [3.05, 3.63) is 45.6 Å². The van der Waals surface area contributed by atoms with Gasteiger partial charge in [0, 0.05) is 12.1 Å². The molecule has 0 unspecified atom stereocenters. The molecule has 1 aromatic heterocycles. The molecule has 0 spiro atoms. The summed E-state index contributed by atoms with van der Waals surface area (Å²) >= 11 is 0. The zero-order chi connectivity index (χ0) is 13.8. The van der Waals surface area contributed by atoms with Crippen molar-refractivity contribution in [2.75, 3.05) is 5.73 Å². The molecule has 0 saturated carbocycles. The topological polar surface area (TPSA) is 99.9 Å². The quantitative estimate of drug-likeness (QED) is 0.653. The average molecular weight is 261 g/mol. The number of nitrogen functional groups attached to an aromatic ring is 1. The maximum atomic E-state index is 10.6. The third-order valence-electron chi connectivity index (χ3n) is 2.83. The third kappa shape index (κ3) is 2.87. The molecule has 19 heavy (non-hydrogen) atoms. The lowest BCUT2D eigenvalue weighted by molar-refractivity contribution is -0.384. The van der Waals surface area contributed by atoms with E-state index in [1.807, 2.05) is 0 Å². The van der Waals surface area contributed by atoms with Crippen LogP contribution in [0.5, 0.6) is 0 Å². The standard InChI is InChI=1S/C12H15N5O2/c1-2-3-11-12(13)14-15-16(11)8-9-4-6-10(7-5-9)17(18)19/h4-7H,2-3,8,13H2,1H3. The van der Waals surface area contributed by atoms with Crippen molar-refractivity contribution in [1.29, 1.82) is 0 Å². The van der Waals surface area contributed by atoms with Gasteiger partial charge in [0.2, 0.25) is 0 Å². The van der Waals surface area contributed by atoms with Crippen molar-refractivity contribution in [3.63, 3.8) is 0 Å². The SMILES string of the molecule is CCCc1c(N)nnn1Cc1ccc([N+](=O)[O-])cc1. The molecular formula is C12H15N5O2. The Morgan fingerprint density at radius 3 is 2.63 bits per heavy atom. The van der Waals surface area contributed by atoms with Crippen LogP contribution >= 0.6 is 0 Å². The zero-order valence-corrected chi connectivity index (χ0v) is 10.6. The first-order valence-corrected chi connectivity index (χ1v) is 6.03. The van der Waals surface area contributed by atoms with Crippen LogP contribution in [0.4, 0.5) is 11.5 Å². The van der Waals surface area contributed by atoms with Crippen molar-refractivity contribution < 1.29 is 4.92 Å². The van der Waals surface area contributed by atoms with Crippen LogP contribution in [0.15, 0.2) is 24.3 Å². The number of nitro benzene ring substituents is 1. The van der Waals surface area contributed by atoms with Crippen molar-refractivity contribution in [2.45, 2.75) is 26.3 Å². The highest BCUT2D eigenvalue weighted by Gasteiger charge is 2.10. The molecule has 2 aromatic rings. The molecule has 0 fully saturated rings. The molecule has 7 nitrogen and oxygen atoms in total. The van der Waals surface area contributed by atoms with Crippen molar-refractivity contribution in [1.82, 2.24) is 15.0 Å². The summed E-state index contributed by atoms with van der Waals surface area (Å²) in [5.74, 6) is 0.448. The monoisotopic (exact) mass is 261 g/mol. The number of benzene rings is 1. The van der Waals surface area contributed by atoms with Crippen LogP contribution in [0.2, 0.25) is 0 Å². The maximum absolute atomic E-state index is 10.6. The molecule has 0 radical (unpaired) electrons. The van der Waals surface area contributed by atoms with Crippen LogP contribution < -0.4 is 5.73 Å². The first-order valence-electron chi connectivity index (χ1n) is 6.03. The summed E-state index contributed by atoms with van der Waals surface area (Å²) in [6.07, 6.45) is 1.77. The highest BCUT2D eigenvalue weighted by Crippen LogP contribution is 2.15. The third-order valence-corrected chi connectivity index (χ3v) is 2.83. The molecule has 0 aliphatic heterocycles. The van der Waals surface area contributed by atoms with Gasteiger partial charge in [-0.05, 0) is 12.0 Å². The highest BCUT2D eigenvalue weighted by molar-refractivity contribution is 5.35. The van der Waals surface area contributed by atoms with Gasteiger partial charge in [0.15, 0.2) is 5.82 Å².